The van der Waals surface area contributed by atoms with Crippen molar-refractivity contribution in [3.8, 4) is 11.5 Å². The van der Waals surface area contributed by atoms with Gasteiger partial charge in [-0.3, -0.25) is 4.79 Å². The molecule has 0 spiro atoms. The number of nitrogens with one attached hydrogen (secondary N) is 1. The number of sulfonamides is 1. The maximum absolute atomic E-state index is 12.9. The number of hydrogen-bond acceptors (Lipinski definition) is 6. The second kappa shape index (κ2) is 9.80. The van der Waals surface area contributed by atoms with E-state index in [1.54, 1.807) is 30.3 Å². The lowest BCUT2D eigenvalue weighted by Gasteiger charge is -2.30. The van der Waals surface area contributed by atoms with E-state index in [2.05, 4.69) is 5.32 Å². The summed E-state index contributed by atoms with van der Waals surface area (Å²) in [4.78, 5) is 13.8. The van der Waals surface area contributed by atoms with Crippen molar-refractivity contribution in [2.75, 3.05) is 31.6 Å². The second-order valence-electron chi connectivity index (χ2n) is 7.08. The Kier molecular flexibility index (Phi) is 7.38. The fourth-order valence-corrected chi connectivity index (χ4v) is 6.39. The summed E-state index contributed by atoms with van der Waals surface area (Å²) >= 11 is 1.26. The van der Waals surface area contributed by atoms with Crippen LogP contribution in [0.25, 0.3) is 0 Å². The zero-order chi connectivity index (χ0) is 21.7. The molecule has 1 amide bonds. The van der Waals surface area contributed by atoms with E-state index in [1.165, 1.54) is 15.6 Å². The molecule has 9 heteroatoms. The topological polar surface area (TPSA) is 84.9 Å². The first-order chi connectivity index (χ1) is 14.3. The lowest BCUT2D eigenvalue weighted by molar-refractivity contribution is -0.120. The minimum Gasteiger partial charge on any atom is -0.490 e. The summed E-state index contributed by atoms with van der Waals surface area (Å²) in [6.07, 6.45) is 1.30. The zero-order valence-electron chi connectivity index (χ0n) is 17.5. The van der Waals surface area contributed by atoms with Gasteiger partial charge in [0.1, 0.15) is 4.21 Å². The fraction of sp³-hybridized carbons (Fsp3) is 0.476. The molecule has 7 nitrogen and oxygen atoms in total. The van der Waals surface area contributed by atoms with Gasteiger partial charge in [0.25, 0.3) is 10.0 Å². The Morgan fingerprint density at radius 1 is 1.17 bits per heavy atom. The Balaban J connectivity index is 1.70. The minimum absolute atomic E-state index is 0.181. The number of ether oxygens (including phenoxy) is 2. The summed E-state index contributed by atoms with van der Waals surface area (Å²) in [6, 6.07) is 8.69. The van der Waals surface area contributed by atoms with Gasteiger partial charge >= 0.3 is 0 Å². The quantitative estimate of drug-likeness (QED) is 0.657. The van der Waals surface area contributed by atoms with Crippen LogP contribution in [0.3, 0.4) is 0 Å². The largest absolute Gasteiger partial charge is 0.490 e. The molecule has 1 N–H and O–H groups in total. The molecule has 1 aliphatic heterocycles. The van der Waals surface area contributed by atoms with E-state index in [0.717, 1.165) is 4.88 Å². The number of benzene rings is 1. The number of carbonyl (C=O) groups is 1. The molecular weight excluding hydrogens is 424 g/mol. The Bertz CT molecular complexity index is 987. The first-order valence-corrected chi connectivity index (χ1v) is 12.4. The number of carbonyl (C=O) groups excluding carboxylic acids is 1. The van der Waals surface area contributed by atoms with E-state index in [0.29, 0.717) is 54.0 Å². The fourth-order valence-electron chi connectivity index (χ4n) is 3.43. The van der Waals surface area contributed by atoms with Crippen LogP contribution in [0.2, 0.25) is 0 Å². The Morgan fingerprint density at radius 2 is 1.90 bits per heavy atom. The first kappa shape index (κ1) is 22.6. The number of aryl methyl sites for hydroxylation is 1. The van der Waals surface area contributed by atoms with Gasteiger partial charge in [0.05, 0.1) is 19.1 Å². The van der Waals surface area contributed by atoms with Gasteiger partial charge in [-0.25, -0.2) is 8.42 Å². The smallest absolute Gasteiger partial charge is 0.252 e. The summed E-state index contributed by atoms with van der Waals surface area (Å²) in [5.74, 6) is 0.595. The molecule has 3 rings (SSSR count). The number of thiophene rings is 1. The molecule has 1 aromatic heterocycles. The van der Waals surface area contributed by atoms with Crippen molar-refractivity contribution in [2.24, 2.45) is 5.92 Å². The molecule has 1 aromatic carbocycles. The molecule has 1 fully saturated rings. The van der Waals surface area contributed by atoms with Gasteiger partial charge in [0.15, 0.2) is 11.5 Å². The van der Waals surface area contributed by atoms with E-state index < -0.39 is 15.9 Å². The third-order valence-electron chi connectivity index (χ3n) is 4.88. The molecular formula is C21H28N2O5S2. The van der Waals surface area contributed by atoms with Gasteiger partial charge < -0.3 is 14.8 Å². The molecule has 2 aromatic rings. The Hall–Kier alpha value is -2.10. The molecule has 164 valence electrons. The highest BCUT2D eigenvalue weighted by Crippen LogP contribution is 2.32. The van der Waals surface area contributed by atoms with E-state index in [9.17, 15) is 13.2 Å². The van der Waals surface area contributed by atoms with Crippen molar-refractivity contribution < 1.29 is 22.7 Å². The highest BCUT2D eigenvalue weighted by molar-refractivity contribution is 7.91. The van der Waals surface area contributed by atoms with Crippen LogP contribution in [-0.2, 0) is 14.8 Å². The predicted octanol–water partition coefficient (Wildman–Crippen LogP) is 3.89. The summed E-state index contributed by atoms with van der Waals surface area (Å²) < 4.78 is 38.7. The molecule has 0 aliphatic carbocycles. The van der Waals surface area contributed by atoms with Crippen molar-refractivity contribution in [2.45, 2.75) is 37.8 Å². The molecule has 0 bridgehead atoms. The lowest BCUT2D eigenvalue weighted by atomic mass is 9.98. The van der Waals surface area contributed by atoms with E-state index in [-0.39, 0.29) is 12.5 Å². The number of hydrogen-bond donors (Lipinski definition) is 1. The van der Waals surface area contributed by atoms with Gasteiger partial charge in [-0.2, -0.15) is 4.31 Å². The molecule has 0 radical (unpaired) electrons. The molecule has 30 heavy (non-hydrogen) atoms. The average Bonchev–Trinajstić information content (AvgIpc) is 3.17. The monoisotopic (exact) mass is 452 g/mol. The van der Waals surface area contributed by atoms with Crippen molar-refractivity contribution >= 4 is 33.0 Å². The predicted molar refractivity (Wildman–Crippen MR) is 118 cm³/mol. The van der Waals surface area contributed by atoms with Crippen LogP contribution in [0, 0.1) is 12.8 Å². The van der Waals surface area contributed by atoms with Gasteiger partial charge in [-0.05, 0) is 57.9 Å². The average molecular weight is 453 g/mol. The number of piperidine rings is 1. The van der Waals surface area contributed by atoms with Crippen LogP contribution in [0.15, 0.2) is 34.5 Å². The molecule has 2 heterocycles. The number of amides is 1. The van der Waals surface area contributed by atoms with Gasteiger partial charge in [0, 0.05) is 29.7 Å². The molecule has 1 unspecified atom stereocenters. The van der Waals surface area contributed by atoms with Crippen LogP contribution in [0.5, 0.6) is 11.5 Å². The van der Waals surface area contributed by atoms with Crippen molar-refractivity contribution in [3.63, 3.8) is 0 Å². The molecule has 1 saturated heterocycles. The summed E-state index contributed by atoms with van der Waals surface area (Å²) in [5.41, 5.74) is 0.598. The standard InChI is InChI=1S/C21H28N2O5S2/c1-4-27-18-10-9-17(13-19(18)28-5-2)22-21(24)16-7-6-12-23(14-16)30(25,26)20-11-8-15(3)29-20/h8-11,13,16H,4-7,12,14H2,1-3H3,(H,22,24). The Labute approximate surface area is 182 Å². The van der Waals surface area contributed by atoms with E-state index in [4.69, 9.17) is 9.47 Å². The SMILES string of the molecule is CCOc1ccc(NC(=O)C2CCCN(S(=O)(=O)c3ccc(C)s3)C2)cc1OCC. The van der Waals surface area contributed by atoms with Crippen molar-refractivity contribution in [3.05, 3.63) is 35.2 Å². The lowest BCUT2D eigenvalue weighted by Crippen LogP contribution is -2.43. The zero-order valence-corrected chi connectivity index (χ0v) is 19.1. The van der Waals surface area contributed by atoms with Crippen LogP contribution < -0.4 is 14.8 Å². The number of anilines is 1. The number of rotatable bonds is 8. The van der Waals surface area contributed by atoms with Crippen molar-refractivity contribution in [1.29, 1.82) is 0 Å². The highest BCUT2D eigenvalue weighted by Gasteiger charge is 2.34. The number of nitrogens with zero attached hydrogens (tertiary/aromatic N) is 1. The summed E-state index contributed by atoms with van der Waals surface area (Å²) in [5, 5.41) is 2.90. The van der Waals surface area contributed by atoms with Crippen LogP contribution in [-0.4, -0.2) is 44.9 Å². The van der Waals surface area contributed by atoms with Gasteiger partial charge in [-0.1, -0.05) is 0 Å². The highest BCUT2D eigenvalue weighted by atomic mass is 32.2. The third kappa shape index (κ3) is 5.14. The maximum atomic E-state index is 12.9. The second-order valence-corrected chi connectivity index (χ2v) is 10.5. The third-order valence-corrected chi connectivity index (χ3v) is 8.21. The van der Waals surface area contributed by atoms with E-state index in [1.807, 2.05) is 20.8 Å². The minimum atomic E-state index is -3.57. The molecule has 1 aliphatic rings. The van der Waals surface area contributed by atoms with E-state index >= 15 is 0 Å². The van der Waals surface area contributed by atoms with Crippen LogP contribution in [0.4, 0.5) is 5.69 Å². The van der Waals surface area contributed by atoms with Gasteiger partial charge in [-0.15, -0.1) is 11.3 Å². The van der Waals surface area contributed by atoms with Crippen molar-refractivity contribution in [1.82, 2.24) is 4.31 Å². The first-order valence-electron chi connectivity index (χ1n) is 10.1. The summed E-state index contributed by atoms with van der Waals surface area (Å²) in [7, 11) is -3.57. The molecule has 1 atom stereocenters. The van der Waals surface area contributed by atoms with Crippen LogP contribution >= 0.6 is 11.3 Å². The van der Waals surface area contributed by atoms with Gasteiger partial charge in [0.2, 0.25) is 5.91 Å². The maximum Gasteiger partial charge on any atom is 0.252 e. The Morgan fingerprint density at radius 3 is 2.57 bits per heavy atom. The van der Waals surface area contributed by atoms with Crippen LogP contribution in [0.1, 0.15) is 31.6 Å². The summed E-state index contributed by atoms with van der Waals surface area (Å²) in [6.45, 7) is 7.26. The normalized spacial score (nSPS) is 17.5. The molecule has 0 saturated carbocycles.